The van der Waals surface area contributed by atoms with Crippen molar-refractivity contribution >= 4 is 58.7 Å². The van der Waals surface area contributed by atoms with Crippen molar-refractivity contribution in [1.82, 2.24) is 9.97 Å². The fraction of sp³-hybridized carbons (Fsp3) is 0.250. The Balaban J connectivity index is 0. The standard InChI is InChI=1S/C8H8BrNO3.C8H9NO3.BHNS.H2O4S/c1-12-7-3-6(8(11)13-2)10-4-5(7)9;1-11-6-3-4-9-7(5-6)8(10)12-2;1-2-3;1-5(2,3)4/h3-4H,1-2H3;3-5H,1-2H3;3H;(H2,1,2,3,4). The first kappa shape index (κ1) is 32.6. The van der Waals surface area contributed by atoms with Crippen LogP contribution in [0.1, 0.15) is 21.0 Å². The van der Waals surface area contributed by atoms with Crippen LogP contribution in [-0.4, -0.2) is 75.5 Å². The third kappa shape index (κ3) is 16.7. The summed E-state index contributed by atoms with van der Waals surface area (Å²) in [5.74, 6) is 0.195. The van der Waals surface area contributed by atoms with Crippen molar-refractivity contribution in [1.29, 1.82) is 0 Å². The van der Waals surface area contributed by atoms with E-state index in [9.17, 15) is 9.59 Å². The number of hydrogen-bond donors (Lipinski definition) is 3. The summed E-state index contributed by atoms with van der Waals surface area (Å²) < 4.78 is 53.8. The molecule has 2 aromatic heterocycles. The molecule has 0 aliphatic carbocycles. The van der Waals surface area contributed by atoms with E-state index in [1.165, 1.54) is 53.0 Å². The van der Waals surface area contributed by atoms with E-state index < -0.39 is 22.3 Å². The number of carbonyl (C=O) groups excluding carboxylic acids is 2. The van der Waals surface area contributed by atoms with Crippen LogP contribution < -0.4 is 9.47 Å². The molecule has 0 fully saturated rings. The molecular formula is C16H20BBrN3O10S2. The van der Waals surface area contributed by atoms with Crippen LogP contribution in [0.3, 0.4) is 0 Å². The van der Waals surface area contributed by atoms with E-state index in [0.29, 0.717) is 16.0 Å². The van der Waals surface area contributed by atoms with E-state index in [0.717, 1.165) is 0 Å². The molecular weight excluding hydrogens is 549 g/mol. The van der Waals surface area contributed by atoms with Crippen LogP contribution in [0.4, 0.5) is 0 Å². The number of hydrogen-bond acceptors (Lipinski definition) is 12. The molecule has 0 amide bonds. The third-order valence-electron chi connectivity index (χ3n) is 2.80. The van der Waals surface area contributed by atoms with Gasteiger partial charge in [-0.1, -0.05) is 0 Å². The molecule has 0 spiro atoms. The quantitative estimate of drug-likeness (QED) is 0.211. The van der Waals surface area contributed by atoms with Crippen LogP contribution >= 0.6 is 28.7 Å². The number of pyridine rings is 2. The zero-order valence-corrected chi connectivity index (χ0v) is 21.0. The van der Waals surface area contributed by atoms with Crippen molar-refractivity contribution in [3.8, 4) is 11.5 Å². The summed E-state index contributed by atoms with van der Waals surface area (Å²) in [5.41, 5.74) is 0.472. The molecule has 1 radical (unpaired) electrons. The Labute approximate surface area is 205 Å². The van der Waals surface area contributed by atoms with Gasteiger partial charge in [-0.15, -0.1) is 0 Å². The van der Waals surface area contributed by atoms with Crippen molar-refractivity contribution in [2.24, 2.45) is 4.30 Å². The molecule has 13 nitrogen and oxygen atoms in total. The first-order valence-corrected chi connectivity index (χ1v) is 10.6. The summed E-state index contributed by atoms with van der Waals surface area (Å²) in [4.78, 5) is 29.6. The monoisotopic (exact) mass is 568 g/mol. The molecule has 0 aliphatic rings. The summed E-state index contributed by atoms with van der Waals surface area (Å²) in [6.07, 6.45) is 2.98. The molecule has 0 unspecified atom stereocenters. The molecule has 0 bridgehead atoms. The van der Waals surface area contributed by atoms with Gasteiger partial charge in [-0.3, -0.25) is 9.11 Å². The number of rotatable bonds is 4. The predicted molar refractivity (Wildman–Crippen MR) is 123 cm³/mol. The average molecular weight is 569 g/mol. The van der Waals surface area contributed by atoms with Crippen LogP contribution in [0.2, 0.25) is 0 Å². The number of thiol groups is 1. The maximum atomic E-state index is 11.0. The average Bonchev–Trinajstić information content (AvgIpc) is 2.78. The Bertz CT molecular complexity index is 1000. The molecule has 33 heavy (non-hydrogen) atoms. The number of nitrogens with zero attached hydrogens (tertiary/aromatic N) is 3. The molecule has 0 saturated heterocycles. The van der Waals surface area contributed by atoms with Gasteiger partial charge in [-0.2, -0.15) is 8.42 Å². The molecule has 0 aliphatic heterocycles. The first-order valence-electron chi connectivity index (χ1n) is 7.98. The van der Waals surface area contributed by atoms with E-state index in [2.05, 4.69) is 60.1 Å². The second-order valence-corrected chi connectivity index (χ2v) is 6.81. The molecule has 0 saturated carbocycles. The van der Waals surface area contributed by atoms with Crippen molar-refractivity contribution in [3.05, 3.63) is 46.5 Å². The molecule has 2 N–H and O–H groups in total. The molecule has 0 atom stereocenters. The van der Waals surface area contributed by atoms with Gasteiger partial charge in [0.15, 0.2) is 11.4 Å². The van der Waals surface area contributed by atoms with Crippen LogP contribution in [0.5, 0.6) is 11.5 Å². The molecule has 2 heterocycles. The number of aromatic nitrogens is 2. The Morgan fingerprint density at radius 2 is 1.48 bits per heavy atom. The predicted octanol–water partition coefficient (Wildman–Crippen LogP) is 2.05. The number of halogens is 1. The minimum atomic E-state index is -4.67. The van der Waals surface area contributed by atoms with Gasteiger partial charge in [0.05, 0.1) is 32.9 Å². The van der Waals surface area contributed by atoms with Gasteiger partial charge in [0, 0.05) is 24.5 Å². The first-order chi connectivity index (χ1) is 15.4. The van der Waals surface area contributed by atoms with Crippen molar-refractivity contribution < 1.29 is 46.1 Å². The minimum absolute atomic E-state index is 0.225. The van der Waals surface area contributed by atoms with Gasteiger partial charge in [0.2, 0.25) is 0 Å². The molecule has 2 aromatic rings. The topological polar surface area (TPSA) is 184 Å². The SMILES string of the molecule is COC(=O)c1cc(OC)c(Br)cn1.COC(=O)c1cc(OC)ccn1.O=S(=O)(O)O.[B]=NS. The van der Waals surface area contributed by atoms with Crippen LogP contribution in [0, 0.1) is 0 Å². The van der Waals surface area contributed by atoms with E-state index in [1.807, 2.05) is 0 Å². The summed E-state index contributed by atoms with van der Waals surface area (Å²) in [7, 11) is 5.32. The zero-order chi connectivity index (χ0) is 26.0. The van der Waals surface area contributed by atoms with Crippen LogP contribution in [0.15, 0.2) is 39.4 Å². The Morgan fingerprint density at radius 3 is 1.88 bits per heavy atom. The zero-order valence-electron chi connectivity index (χ0n) is 17.7. The van der Waals surface area contributed by atoms with Gasteiger partial charge < -0.3 is 18.9 Å². The van der Waals surface area contributed by atoms with Crippen molar-refractivity contribution in [3.63, 3.8) is 0 Å². The van der Waals surface area contributed by atoms with Crippen LogP contribution in [0.25, 0.3) is 0 Å². The Morgan fingerprint density at radius 1 is 1.03 bits per heavy atom. The summed E-state index contributed by atoms with van der Waals surface area (Å²) in [6, 6.07) is 4.69. The summed E-state index contributed by atoms with van der Waals surface area (Å²) in [5, 5.41) is 0. The number of carbonyl (C=O) groups is 2. The fourth-order valence-electron chi connectivity index (χ4n) is 1.55. The number of esters is 2. The Kier molecular flexibility index (Phi) is 17.7. The number of methoxy groups -OCH3 is 4. The summed E-state index contributed by atoms with van der Waals surface area (Å²) in [6.45, 7) is 0. The van der Waals surface area contributed by atoms with E-state index >= 15 is 0 Å². The van der Waals surface area contributed by atoms with E-state index in [1.54, 1.807) is 6.07 Å². The summed E-state index contributed by atoms with van der Waals surface area (Å²) >= 11 is 6.41. The maximum absolute atomic E-state index is 11.0. The molecule has 0 aromatic carbocycles. The van der Waals surface area contributed by atoms with Crippen molar-refractivity contribution in [2.45, 2.75) is 0 Å². The normalized spacial score (nSPS) is 9.18. The van der Waals surface area contributed by atoms with Gasteiger partial charge in [-0.05, 0) is 22.0 Å². The second-order valence-electron chi connectivity index (χ2n) is 4.83. The van der Waals surface area contributed by atoms with E-state index in [-0.39, 0.29) is 11.4 Å². The van der Waals surface area contributed by atoms with E-state index in [4.69, 9.17) is 27.0 Å². The molecule has 181 valence electrons. The van der Waals surface area contributed by atoms with Gasteiger partial charge in [-0.25, -0.2) is 19.6 Å². The van der Waals surface area contributed by atoms with Gasteiger partial charge >= 0.3 is 47.1 Å². The molecule has 2 rings (SSSR count). The third-order valence-corrected chi connectivity index (χ3v) is 3.39. The van der Waals surface area contributed by atoms with Gasteiger partial charge in [0.25, 0.3) is 0 Å². The molecule has 17 heteroatoms. The van der Waals surface area contributed by atoms with Crippen molar-refractivity contribution in [2.75, 3.05) is 28.4 Å². The van der Waals surface area contributed by atoms with Gasteiger partial charge in [0.1, 0.15) is 11.5 Å². The fourth-order valence-corrected chi connectivity index (χ4v) is 1.93. The Hall–Kier alpha value is -2.60. The number of ether oxygens (including phenoxy) is 4. The van der Waals surface area contributed by atoms with Crippen LogP contribution in [-0.2, 0) is 19.9 Å². The second kappa shape index (κ2) is 17.9.